The summed E-state index contributed by atoms with van der Waals surface area (Å²) in [7, 11) is 1.82. The Labute approximate surface area is 112 Å². The predicted octanol–water partition coefficient (Wildman–Crippen LogP) is 2.27. The lowest BCUT2D eigenvalue weighted by Gasteiger charge is -2.53. The number of nitrogens with one attached hydrogen (secondary N) is 1. The minimum Gasteiger partial charge on any atom is -0.383 e. The molecule has 1 saturated heterocycles. The SMILES string of the molecule is COCCN1CC(C(C)C)NCC12CCCCC2. The third-order valence-electron chi connectivity index (χ3n) is 4.94. The van der Waals surface area contributed by atoms with Crippen LogP contribution >= 0.6 is 0 Å². The first kappa shape index (κ1) is 14.3. The minimum atomic E-state index is 0.433. The van der Waals surface area contributed by atoms with E-state index < -0.39 is 0 Å². The van der Waals surface area contributed by atoms with Crippen LogP contribution in [0.2, 0.25) is 0 Å². The zero-order valence-electron chi connectivity index (χ0n) is 12.4. The molecule has 106 valence electrons. The van der Waals surface area contributed by atoms with E-state index in [0.717, 1.165) is 19.1 Å². The zero-order valence-corrected chi connectivity index (χ0v) is 12.4. The topological polar surface area (TPSA) is 24.5 Å². The molecule has 1 aliphatic carbocycles. The van der Waals surface area contributed by atoms with E-state index in [9.17, 15) is 0 Å². The average molecular weight is 254 g/mol. The van der Waals surface area contributed by atoms with Crippen LogP contribution in [0.1, 0.15) is 46.0 Å². The maximum Gasteiger partial charge on any atom is 0.0589 e. The highest BCUT2D eigenvalue weighted by atomic mass is 16.5. The van der Waals surface area contributed by atoms with Crippen molar-refractivity contribution in [1.29, 1.82) is 0 Å². The summed E-state index contributed by atoms with van der Waals surface area (Å²) >= 11 is 0. The molecular weight excluding hydrogens is 224 g/mol. The van der Waals surface area contributed by atoms with Gasteiger partial charge in [0, 0.05) is 38.3 Å². The van der Waals surface area contributed by atoms with Crippen LogP contribution in [0.3, 0.4) is 0 Å². The number of hydrogen-bond donors (Lipinski definition) is 1. The van der Waals surface area contributed by atoms with Gasteiger partial charge in [0.25, 0.3) is 0 Å². The molecule has 3 nitrogen and oxygen atoms in total. The number of methoxy groups -OCH3 is 1. The van der Waals surface area contributed by atoms with E-state index in [1.807, 2.05) is 7.11 Å². The lowest BCUT2D eigenvalue weighted by molar-refractivity contribution is -0.0121. The summed E-state index contributed by atoms with van der Waals surface area (Å²) in [5.41, 5.74) is 0.433. The van der Waals surface area contributed by atoms with Crippen molar-refractivity contribution in [1.82, 2.24) is 10.2 Å². The van der Waals surface area contributed by atoms with Gasteiger partial charge in [-0.05, 0) is 18.8 Å². The molecule has 1 spiro atoms. The van der Waals surface area contributed by atoms with E-state index in [2.05, 4.69) is 24.1 Å². The molecule has 2 aliphatic rings. The zero-order chi connectivity index (χ0) is 13.0. The highest BCUT2D eigenvalue weighted by molar-refractivity contribution is 5.00. The maximum absolute atomic E-state index is 5.31. The van der Waals surface area contributed by atoms with Gasteiger partial charge in [0.15, 0.2) is 0 Å². The molecular formula is C15H30N2O. The molecule has 0 aromatic rings. The van der Waals surface area contributed by atoms with Crippen molar-refractivity contribution in [3.05, 3.63) is 0 Å². The Hall–Kier alpha value is -0.120. The van der Waals surface area contributed by atoms with E-state index in [4.69, 9.17) is 4.74 Å². The fraction of sp³-hybridized carbons (Fsp3) is 1.00. The van der Waals surface area contributed by atoms with E-state index >= 15 is 0 Å². The van der Waals surface area contributed by atoms with Gasteiger partial charge in [-0.1, -0.05) is 33.1 Å². The van der Waals surface area contributed by atoms with Crippen molar-refractivity contribution in [2.75, 3.05) is 33.4 Å². The van der Waals surface area contributed by atoms with Crippen molar-refractivity contribution < 1.29 is 4.74 Å². The van der Waals surface area contributed by atoms with Gasteiger partial charge in [0.2, 0.25) is 0 Å². The molecule has 1 atom stereocenters. The summed E-state index contributed by atoms with van der Waals surface area (Å²) in [5, 5.41) is 3.80. The van der Waals surface area contributed by atoms with Crippen LogP contribution in [0, 0.1) is 5.92 Å². The quantitative estimate of drug-likeness (QED) is 0.833. The Balaban J connectivity index is 2.03. The van der Waals surface area contributed by atoms with Crippen LogP contribution in [0.15, 0.2) is 0 Å². The van der Waals surface area contributed by atoms with Crippen LogP contribution in [-0.4, -0.2) is 49.8 Å². The molecule has 0 aromatic heterocycles. The summed E-state index contributed by atoms with van der Waals surface area (Å²) < 4.78 is 5.31. The minimum absolute atomic E-state index is 0.433. The molecule has 0 radical (unpaired) electrons. The molecule has 2 fully saturated rings. The molecule has 0 aromatic carbocycles. The second-order valence-electron chi connectivity index (χ2n) is 6.46. The number of piperazine rings is 1. The van der Waals surface area contributed by atoms with E-state index in [1.54, 1.807) is 0 Å². The van der Waals surface area contributed by atoms with Crippen LogP contribution in [-0.2, 0) is 4.74 Å². The van der Waals surface area contributed by atoms with Crippen molar-refractivity contribution in [3.63, 3.8) is 0 Å². The van der Waals surface area contributed by atoms with Crippen molar-refractivity contribution in [3.8, 4) is 0 Å². The van der Waals surface area contributed by atoms with Gasteiger partial charge in [-0.15, -0.1) is 0 Å². The van der Waals surface area contributed by atoms with Gasteiger partial charge in [0.05, 0.1) is 6.61 Å². The summed E-state index contributed by atoms with van der Waals surface area (Å²) in [6.07, 6.45) is 6.96. The number of rotatable bonds is 4. The van der Waals surface area contributed by atoms with Gasteiger partial charge in [-0.3, -0.25) is 4.90 Å². The van der Waals surface area contributed by atoms with Gasteiger partial charge in [-0.2, -0.15) is 0 Å². The maximum atomic E-state index is 5.31. The lowest BCUT2D eigenvalue weighted by Crippen LogP contribution is -2.66. The summed E-state index contributed by atoms with van der Waals surface area (Å²) in [6.45, 7) is 8.99. The first-order valence-corrected chi connectivity index (χ1v) is 7.65. The standard InChI is InChI=1S/C15H30N2O/c1-13(2)14-11-17(9-10-18-3)15(12-16-14)7-5-4-6-8-15/h13-14,16H,4-12H2,1-3H3. The Bertz CT molecular complexity index is 249. The first-order chi connectivity index (χ1) is 8.68. The number of hydrogen-bond acceptors (Lipinski definition) is 3. The molecule has 3 heteroatoms. The molecule has 1 N–H and O–H groups in total. The van der Waals surface area contributed by atoms with E-state index in [0.29, 0.717) is 11.6 Å². The largest absolute Gasteiger partial charge is 0.383 e. The van der Waals surface area contributed by atoms with Crippen molar-refractivity contribution in [2.45, 2.75) is 57.5 Å². The molecule has 1 saturated carbocycles. The van der Waals surface area contributed by atoms with Crippen LogP contribution < -0.4 is 5.32 Å². The van der Waals surface area contributed by atoms with E-state index in [-0.39, 0.29) is 0 Å². The Morgan fingerprint density at radius 2 is 2.00 bits per heavy atom. The molecule has 0 bridgehead atoms. The summed E-state index contributed by atoms with van der Waals surface area (Å²) in [6, 6.07) is 0.648. The van der Waals surface area contributed by atoms with E-state index in [1.165, 1.54) is 45.2 Å². The van der Waals surface area contributed by atoms with Crippen LogP contribution in [0.5, 0.6) is 0 Å². The lowest BCUT2D eigenvalue weighted by atomic mass is 9.77. The van der Waals surface area contributed by atoms with Gasteiger partial charge >= 0.3 is 0 Å². The highest BCUT2D eigenvalue weighted by Crippen LogP contribution is 2.35. The second-order valence-corrected chi connectivity index (χ2v) is 6.46. The predicted molar refractivity (Wildman–Crippen MR) is 75.9 cm³/mol. The fourth-order valence-corrected chi connectivity index (χ4v) is 3.61. The average Bonchev–Trinajstić information content (AvgIpc) is 2.38. The van der Waals surface area contributed by atoms with Crippen LogP contribution in [0.4, 0.5) is 0 Å². The Kier molecular flexibility index (Phi) is 5.05. The van der Waals surface area contributed by atoms with Gasteiger partial charge < -0.3 is 10.1 Å². The molecule has 2 rings (SSSR count). The smallest absolute Gasteiger partial charge is 0.0589 e. The molecule has 0 amide bonds. The Morgan fingerprint density at radius 1 is 1.28 bits per heavy atom. The van der Waals surface area contributed by atoms with Crippen molar-refractivity contribution in [2.24, 2.45) is 5.92 Å². The number of ether oxygens (including phenoxy) is 1. The molecule has 1 aliphatic heterocycles. The second kappa shape index (κ2) is 6.36. The molecule has 1 unspecified atom stereocenters. The van der Waals surface area contributed by atoms with Gasteiger partial charge in [-0.25, -0.2) is 0 Å². The summed E-state index contributed by atoms with van der Waals surface area (Å²) in [4.78, 5) is 2.73. The highest BCUT2D eigenvalue weighted by Gasteiger charge is 2.42. The number of nitrogens with zero attached hydrogens (tertiary/aromatic N) is 1. The van der Waals surface area contributed by atoms with Gasteiger partial charge in [0.1, 0.15) is 0 Å². The monoisotopic (exact) mass is 254 g/mol. The third-order valence-corrected chi connectivity index (χ3v) is 4.94. The fourth-order valence-electron chi connectivity index (χ4n) is 3.61. The van der Waals surface area contributed by atoms with Crippen molar-refractivity contribution >= 4 is 0 Å². The first-order valence-electron chi connectivity index (χ1n) is 7.65. The molecule has 1 heterocycles. The Morgan fingerprint density at radius 3 is 2.61 bits per heavy atom. The third kappa shape index (κ3) is 3.06. The normalized spacial score (nSPS) is 29.0. The van der Waals surface area contributed by atoms with Crippen LogP contribution in [0.25, 0.3) is 0 Å². The summed E-state index contributed by atoms with van der Waals surface area (Å²) in [5.74, 6) is 0.719. The molecule has 18 heavy (non-hydrogen) atoms.